The molecule has 0 unspecified atom stereocenters. The maximum atomic E-state index is 6.00. The van der Waals surface area contributed by atoms with Crippen molar-refractivity contribution in [3.63, 3.8) is 0 Å². The highest BCUT2D eigenvalue weighted by atomic mass is 16.5. The molecule has 1 aliphatic rings. The van der Waals surface area contributed by atoms with E-state index in [2.05, 4.69) is 28.5 Å². The van der Waals surface area contributed by atoms with E-state index in [4.69, 9.17) is 10.5 Å². The van der Waals surface area contributed by atoms with Gasteiger partial charge in [0.05, 0.1) is 13.2 Å². The van der Waals surface area contributed by atoms with Crippen LogP contribution in [0.3, 0.4) is 0 Å². The van der Waals surface area contributed by atoms with Gasteiger partial charge in [-0.3, -0.25) is 0 Å². The molecule has 120 valence electrons. The van der Waals surface area contributed by atoms with Gasteiger partial charge in [-0.05, 0) is 67.1 Å². The number of nitrogens with zero attached hydrogens (tertiary/aromatic N) is 1. The smallest absolute Gasteiger partial charge is 0.193 e. The fourth-order valence-corrected chi connectivity index (χ4v) is 2.91. The molecule has 0 heterocycles. The molecule has 0 bridgehead atoms. The molecule has 0 saturated carbocycles. The minimum atomic E-state index is 0.435. The predicted octanol–water partition coefficient (Wildman–Crippen LogP) is 3.50. The highest BCUT2D eigenvalue weighted by Crippen LogP contribution is 2.24. The number of anilines is 1. The first-order valence-corrected chi connectivity index (χ1v) is 8.15. The van der Waals surface area contributed by atoms with Gasteiger partial charge < -0.3 is 15.8 Å². The Morgan fingerprint density at radius 3 is 2.91 bits per heavy atom. The van der Waals surface area contributed by atoms with Gasteiger partial charge >= 0.3 is 0 Å². The standard InChI is InChI=1S/C19H23N3O/c1-2-23-18-8-3-5-14(11-18)13-21-19(20)22-17-10-9-15-6-4-7-16(15)12-17/h3,5,8-12H,2,4,6-7,13H2,1H3,(H3,20,21,22). The first-order valence-electron chi connectivity index (χ1n) is 8.15. The number of aliphatic imine (C=N–C) groups is 1. The van der Waals surface area contributed by atoms with E-state index in [9.17, 15) is 0 Å². The summed E-state index contributed by atoms with van der Waals surface area (Å²) in [5, 5.41) is 3.18. The van der Waals surface area contributed by atoms with Crippen LogP contribution in [0.15, 0.2) is 47.5 Å². The maximum Gasteiger partial charge on any atom is 0.193 e. The summed E-state index contributed by atoms with van der Waals surface area (Å²) < 4.78 is 5.50. The highest BCUT2D eigenvalue weighted by molar-refractivity contribution is 5.92. The average Bonchev–Trinajstić information content (AvgIpc) is 3.01. The molecule has 2 aromatic rings. The van der Waals surface area contributed by atoms with Gasteiger partial charge in [0, 0.05) is 5.69 Å². The second kappa shape index (κ2) is 7.18. The van der Waals surface area contributed by atoms with Crippen molar-refractivity contribution in [2.75, 3.05) is 11.9 Å². The highest BCUT2D eigenvalue weighted by Gasteiger charge is 2.10. The lowest BCUT2D eigenvalue weighted by atomic mass is 10.1. The van der Waals surface area contributed by atoms with Gasteiger partial charge in [-0.1, -0.05) is 18.2 Å². The number of rotatable bonds is 5. The molecule has 0 aliphatic heterocycles. The molecule has 3 rings (SSSR count). The molecule has 4 nitrogen and oxygen atoms in total. The number of ether oxygens (including phenoxy) is 1. The Morgan fingerprint density at radius 2 is 2.04 bits per heavy atom. The summed E-state index contributed by atoms with van der Waals surface area (Å²) in [5.41, 5.74) is 11.0. The number of guanidine groups is 1. The second-order valence-corrected chi connectivity index (χ2v) is 5.74. The Kier molecular flexibility index (Phi) is 4.81. The van der Waals surface area contributed by atoms with E-state index in [0.717, 1.165) is 23.4 Å². The number of benzene rings is 2. The molecule has 0 radical (unpaired) electrons. The van der Waals surface area contributed by atoms with Gasteiger partial charge in [-0.25, -0.2) is 4.99 Å². The van der Waals surface area contributed by atoms with E-state index >= 15 is 0 Å². The van der Waals surface area contributed by atoms with Crippen molar-refractivity contribution in [2.24, 2.45) is 10.7 Å². The lowest BCUT2D eigenvalue weighted by molar-refractivity contribution is 0.340. The van der Waals surface area contributed by atoms with Crippen molar-refractivity contribution in [3.8, 4) is 5.75 Å². The van der Waals surface area contributed by atoms with Crippen LogP contribution in [0, 0.1) is 0 Å². The molecule has 3 N–H and O–H groups in total. The monoisotopic (exact) mass is 309 g/mol. The summed E-state index contributed by atoms with van der Waals surface area (Å²) in [6, 6.07) is 14.4. The normalized spacial score (nSPS) is 13.7. The Hall–Kier alpha value is -2.49. The van der Waals surface area contributed by atoms with Crippen molar-refractivity contribution in [2.45, 2.75) is 32.7 Å². The van der Waals surface area contributed by atoms with Gasteiger partial charge in [0.25, 0.3) is 0 Å². The predicted molar refractivity (Wildman–Crippen MR) is 95.0 cm³/mol. The van der Waals surface area contributed by atoms with Gasteiger partial charge in [-0.15, -0.1) is 0 Å². The number of aryl methyl sites for hydroxylation is 2. The molecule has 0 atom stereocenters. The fourth-order valence-electron chi connectivity index (χ4n) is 2.91. The SMILES string of the molecule is CCOc1cccc(CN=C(N)Nc2ccc3c(c2)CCC3)c1. The summed E-state index contributed by atoms with van der Waals surface area (Å²) >= 11 is 0. The lowest BCUT2D eigenvalue weighted by Gasteiger charge is -2.08. The third-order valence-electron chi connectivity index (χ3n) is 4.01. The third kappa shape index (κ3) is 4.03. The van der Waals surface area contributed by atoms with Crippen molar-refractivity contribution >= 4 is 11.6 Å². The molecule has 0 saturated heterocycles. The number of nitrogens with one attached hydrogen (secondary N) is 1. The summed E-state index contributed by atoms with van der Waals surface area (Å²) in [6.45, 7) is 3.17. The molecule has 0 aromatic heterocycles. The van der Waals surface area contributed by atoms with E-state index < -0.39 is 0 Å². The van der Waals surface area contributed by atoms with E-state index in [-0.39, 0.29) is 0 Å². The van der Waals surface area contributed by atoms with Gasteiger partial charge in [0.2, 0.25) is 0 Å². The number of hydrogen-bond donors (Lipinski definition) is 2. The molecule has 0 amide bonds. The van der Waals surface area contributed by atoms with Crippen molar-refractivity contribution < 1.29 is 4.74 Å². The van der Waals surface area contributed by atoms with Crippen LogP contribution < -0.4 is 15.8 Å². The van der Waals surface area contributed by atoms with E-state index in [1.165, 1.54) is 24.0 Å². The Balaban J connectivity index is 1.62. The van der Waals surface area contributed by atoms with Crippen molar-refractivity contribution in [3.05, 3.63) is 59.2 Å². The minimum absolute atomic E-state index is 0.435. The van der Waals surface area contributed by atoms with Gasteiger partial charge in [-0.2, -0.15) is 0 Å². The van der Waals surface area contributed by atoms with Crippen LogP contribution in [0.4, 0.5) is 5.69 Å². The van der Waals surface area contributed by atoms with Crippen LogP contribution in [0.25, 0.3) is 0 Å². The van der Waals surface area contributed by atoms with Crippen molar-refractivity contribution in [1.82, 2.24) is 0 Å². The first kappa shape index (κ1) is 15.4. The van der Waals surface area contributed by atoms with E-state index in [1.807, 2.05) is 31.2 Å². The molecule has 2 aromatic carbocycles. The van der Waals surface area contributed by atoms with E-state index in [0.29, 0.717) is 19.1 Å². The quantitative estimate of drug-likeness (QED) is 0.656. The summed E-state index contributed by atoms with van der Waals surface area (Å²) in [4.78, 5) is 4.41. The summed E-state index contributed by atoms with van der Waals surface area (Å²) in [7, 11) is 0. The Labute approximate surface area is 137 Å². The zero-order valence-electron chi connectivity index (χ0n) is 13.5. The number of hydrogen-bond acceptors (Lipinski definition) is 2. The van der Waals surface area contributed by atoms with Crippen molar-refractivity contribution in [1.29, 1.82) is 0 Å². The largest absolute Gasteiger partial charge is 0.494 e. The molecule has 1 aliphatic carbocycles. The van der Waals surface area contributed by atoms with Crippen LogP contribution in [0.5, 0.6) is 5.75 Å². The first-order chi connectivity index (χ1) is 11.2. The summed E-state index contributed by atoms with van der Waals surface area (Å²) in [6.07, 6.45) is 3.60. The van der Waals surface area contributed by atoms with Crippen LogP contribution in [-0.4, -0.2) is 12.6 Å². The molecular formula is C19H23N3O. The Morgan fingerprint density at radius 1 is 1.17 bits per heavy atom. The van der Waals surface area contributed by atoms with Gasteiger partial charge in [0.15, 0.2) is 5.96 Å². The molecule has 23 heavy (non-hydrogen) atoms. The number of fused-ring (bicyclic) bond motifs is 1. The fraction of sp³-hybridized carbons (Fsp3) is 0.316. The molecular weight excluding hydrogens is 286 g/mol. The molecule has 0 fully saturated rings. The lowest BCUT2D eigenvalue weighted by Crippen LogP contribution is -2.22. The Bertz CT molecular complexity index is 710. The van der Waals surface area contributed by atoms with Crippen LogP contribution >= 0.6 is 0 Å². The van der Waals surface area contributed by atoms with Gasteiger partial charge in [0.1, 0.15) is 5.75 Å². The summed E-state index contributed by atoms with van der Waals surface area (Å²) in [5.74, 6) is 1.30. The topological polar surface area (TPSA) is 59.6 Å². The zero-order valence-corrected chi connectivity index (χ0v) is 13.5. The maximum absolute atomic E-state index is 6.00. The molecule has 4 heteroatoms. The second-order valence-electron chi connectivity index (χ2n) is 5.74. The van der Waals surface area contributed by atoms with E-state index in [1.54, 1.807) is 0 Å². The van der Waals surface area contributed by atoms with Crippen LogP contribution in [-0.2, 0) is 19.4 Å². The number of nitrogens with two attached hydrogens (primary N) is 1. The third-order valence-corrected chi connectivity index (χ3v) is 4.01. The minimum Gasteiger partial charge on any atom is -0.494 e. The van der Waals surface area contributed by atoms with Crippen LogP contribution in [0.2, 0.25) is 0 Å². The molecule has 0 spiro atoms. The average molecular weight is 309 g/mol. The zero-order chi connectivity index (χ0) is 16.1. The van der Waals surface area contributed by atoms with Crippen LogP contribution in [0.1, 0.15) is 30.0 Å².